The van der Waals surface area contributed by atoms with Crippen molar-refractivity contribution in [3.63, 3.8) is 0 Å². The van der Waals surface area contributed by atoms with Crippen LogP contribution in [0.15, 0.2) is 41.3 Å². The van der Waals surface area contributed by atoms with Crippen molar-refractivity contribution in [3.05, 3.63) is 47.5 Å². The van der Waals surface area contributed by atoms with Gasteiger partial charge in [0.1, 0.15) is 11.5 Å². The van der Waals surface area contributed by atoms with Crippen LogP contribution in [-0.2, 0) is 14.8 Å². The Hall–Kier alpha value is -2.58. The van der Waals surface area contributed by atoms with Crippen LogP contribution >= 0.6 is 0 Å². The molecule has 2 aromatic rings. The summed E-state index contributed by atoms with van der Waals surface area (Å²) < 4.78 is 39.0. The molecule has 0 spiro atoms. The van der Waals surface area contributed by atoms with Crippen molar-refractivity contribution in [1.82, 2.24) is 4.72 Å². The molecule has 28 heavy (non-hydrogen) atoms. The summed E-state index contributed by atoms with van der Waals surface area (Å²) in [5.41, 5.74) is 2.07. The Bertz CT molecular complexity index is 957. The molecule has 0 aromatic heterocycles. The number of carbonyl (C=O) groups excluding carboxylic acids is 1. The number of anilines is 1. The Balaban J connectivity index is 2.35. The number of amides is 1. The number of rotatable bonds is 8. The van der Waals surface area contributed by atoms with Gasteiger partial charge in [0.05, 0.1) is 24.8 Å². The maximum absolute atomic E-state index is 12.9. The smallest absolute Gasteiger partial charge is 0.241 e. The monoisotopic (exact) mass is 406 g/mol. The predicted octanol–water partition coefficient (Wildman–Crippen LogP) is 3.40. The molecule has 7 nitrogen and oxygen atoms in total. The van der Waals surface area contributed by atoms with Crippen molar-refractivity contribution in [2.24, 2.45) is 0 Å². The first-order chi connectivity index (χ1) is 13.2. The number of carbonyl (C=O) groups is 1. The topological polar surface area (TPSA) is 93.7 Å². The Morgan fingerprint density at radius 2 is 1.71 bits per heavy atom. The van der Waals surface area contributed by atoms with Crippen molar-refractivity contribution in [1.29, 1.82) is 0 Å². The third-order valence-electron chi connectivity index (χ3n) is 4.32. The lowest BCUT2D eigenvalue weighted by molar-refractivity contribution is -0.114. The third-order valence-corrected chi connectivity index (χ3v) is 5.79. The SMILES string of the molecule is CC[C@H](NS(=O)(=O)c1ccc(OC)c(NC(C)=O)c1)c1ccc(OC)c(C)c1. The van der Waals surface area contributed by atoms with E-state index in [1.807, 2.05) is 32.0 Å². The van der Waals surface area contributed by atoms with Gasteiger partial charge in [0.2, 0.25) is 15.9 Å². The van der Waals surface area contributed by atoms with Gasteiger partial charge < -0.3 is 14.8 Å². The fourth-order valence-electron chi connectivity index (χ4n) is 2.90. The quantitative estimate of drug-likeness (QED) is 0.701. The Morgan fingerprint density at radius 3 is 2.25 bits per heavy atom. The summed E-state index contributed by atoms with van der Waals surface area (Å²) in [6.07, 6.45) is 0.569. The van der Waals surface area contributed by atoms with Gasteiger partial charge in [-0.15, -0.1) is 0 Å². The average molecular weight is 407 g/mol. The molecule has 0 fully saturated rings. The minimum Gasteiger partial charge on any atom is -0.496 e. The standard InChI is InChI=1S/C20H26N2O5S/c1-6-17(15-7-9-19(26-4)13(2)11-15)22-28(24,25)16-8-10-20(27-5)18(12-16)21-14(3)23/h7-12,17,22H,6H2,1-5H3,(H,21,23)/t17-/m0/s1. The van der Waals surface area contributed by atoms with E-state index in [9.17, 15) is 13.2 Å². The lowest BCUT2D eigenvalue weighted by Crippen LogP contribution is -2.28. The molecule has 0 aliphatic heterocycles. The lowest BCUT2D eigenvalue weighted by atomic mass is 10.0. The molecule has 0 aliphatic rings. The molecule has 0 saturated carbocycles. The Kier molecular flexibility index (Phi) is 7.04. The molecule has 2 aromatic carbocycles. The highest BCUT2D eigenvalue weighted by atomic mass is 32.2. The second kappa shape index (κ2) is 9.07. The second-order valence-corrected chi connectivity index (χ2v) is 8.07. The first-order valence-electron chi connectivity index (χ1n) is 8.84. The number of methoxy groups -OCH3 is 2. The summed E-state index contributed by atoms with van der Waals surface area (Å²) in [5.74, 6) is 0.810. The highest BCUT2D eigenvalue weighted by molar-refractivity contribution is 7.89. The van der Waals surface area contributed by atoms with Gasteiger partial charge in [-0.05, 0) is 48.7 Å². The molecule has 2 rings (SSSR count). The van der Waals surface area contributed by atoms with Gasteiger partial charge in [0.15, 0.2) is 0 Å². The maximum Gasteiger partial charge on any atom is 0.241 e. The van der Waals surface area contributed by atoms with Gasteiger partial charge >= 0.3 is 0 Å². The van der Waals surface area contributed by atoms with E-state index in [2.05, 4.69) is 10.0 Å². The fourth-order valence-corrected chi connectivity index (χ4v) is 4.24. The van der Waals surface area contributed by atoms with Crippen LogP contribution in [0.1, 0.15) is 37.4 Å². The van der Waals surface area contributed by atoms with Crippen LogP contribution in [0.2, 0.25) is 0 Å². The fraction of sp³-hybridized carbons (Fsp3) is 0.350. The molecule has 1 atom stereocenters. The molecule has 152 valence electrons. The maximum atomic E-state index is 12.9. The molecule has 2 N–H and O–H groups in total. The van der Waals surface area contributed by atoms with Crippen molar-refractivity contribution in [2.45, 2.75) is 38.1 Å². The van der Waals surface area contributed by atoms with Crippen molar-refractivity contribution in [3.8, 4) is 11.5 Å². The summed E-state index contributed by atoms with van der Waals surface area (Å²) >= 11 is 0. The molecule has 0 bridgehead atoms. The molecule has 0 unspecified atom stereocenters. The van der Waals surface area contributed by atoms with Crippen molar-refractivity contribution in [2.75, 3.05) is 19.5 Å². The minimum atomic E-state index is -3.82. The molecular formula is C20H26N2O5S. The first-order valence-corrected chi connectivity index (χ1v) is 10.3. The Morgan fingerprint density at radius 1 is 1.07 bits per heavy atom. The van der Waals surface area contributed by atoms with Gasteiger partial charge in [-0.1, -0.05) is 19.1 Å². The summed E-state index contributed by atoms with van der Waals surface area (Å²) in [5, 5.41) is 2.59. The third kappa shape index (κ3) is 5.02. The number of hydrogen-bond acceptors (Lipinski definition) is 5. The van der Waals surface area contributed by atoms with Crippen LogP contribution in [0.25, 0.3) is 0 Å². The van der Waals surface area contributed by atoms with Crippen LogP contribution in [-0.4, -0.2) is 28.5 Å². The summed E-state index contributed by atoms with van der Waals surface area (Å²) in [6, 6.07) is 9.52. The number of nitrogens with one attached hydrogen (secondary N) is 2. The van der Waals surface area contributed by atoms with E-state index in [0.717, 1.165) is 16.9 Å². The van der Waals surface area contributed by atoms with Gasteiger partial charge in [-0.2, -0.15) is 0 Å². The van der Waals surface area contributed by atoms with Gasteiger partial charge in [0, 0.05) is 13.0 Å². The van der Waals surface area contributed by atoms with Crippen molar-refractivity contribution >= 4 is 21.6 Å². The molecule has 1 amide bonds. The van der Waals surface area contributed by atoms with E-state index >= 15 is 0 Å². The van der Waals surface area contributed by atoms with E-state index in [1.54, 1.807) is 7.11 Å². The van der Waals surface area contributed by atoms with Crippen LogP contribution in [0, 0.1) is 6.92 Å². The van der Waals surface area contributed by atoms with E-state index < -0.39 is 16.1 Å². The summed E-state index contributed by atoms with van der Waals surface area (Å²) in [4.78, 5) is 11.4. The zero-order chi connectivity index (χ0) is 20.9. The van der Waals surface area contributed by atoms with Gasteiger partial charge in [0.25, 0.3) is 0 Å². The molecular weight excluding hydrogens is 380 g/mol. The number of sulfonamides is 1. The summed E-state index contributed by atoms with van der Waals surface area (Å²) in [7, 11) is -0.773. The van der Waals surface area contributed by atoms with Gasteiger partial charge in [-0.3, -0.25) is 4.79 Å². The number of benzene rings is 2. The summed E-state index contributed by atoms with van der Waals surface area (Å²) in [6.45, 7) is 5.16. The van der Waals surface area contributed by atoms with Crippen molar-refractivity contribution < 1.29 is 22.7 Å². The van der Waals surface area contributed by atoms with E-state index in [-0.39, 0.29) is 10.8 Å². The van der Waals surface area contributed by atoms with Crippen LogP contribution < -0.4 is 19.5 Å². The average Bonchev–Trinajstić information content (AvgIpc) is 2.65. The van der Waals surface area contributed by atoms with Crippen LogP contribution in [0.5, 0.6) is 11.5 Å². The lowest BCUT2D eigenvalue weighted by Gasteiger charge is -2.19. The molecule has 0 radical (unpaired) electrons. The van der Waals surface area contributed by atoms with Crippen LogP contribution in [0.3, 0.4) is 0 Å². The van der Waals surface area contributed by atoms with Gasteiger partial charge in [-0.25, -0.2) is 13.1 Å². The first kappa shape index (κ1) is 21.7. The number of ether oxygens (including phenoxy) is 2. The largest absolute Gasteiger partial charge is 0.496 e. The molecule has 0 aliphatic carbocycles. The van der Waals surface area contributed by atoms with E-state index in [0.29, 0.717) is 17.9 Å². The normalized spacial score (nSPS) is 12.3. The zero-order valence-electron chi connectivity index (χ0n) is 16.7. The second-order valence-electron chi connectivity index (χ2n) is 6.35. The van der Waals surface area contributed by atoms with E-state index in [1.165, 1.54) is 32.2 Å². The van der Waals surface area contributed by atoms with Crippen LogP contribution in [0.4, 0.5) is 5.69 Å². The molecule has 0 saturated heterocycles. The predicted molar refractivity (Wildman–Crippen MR) is 108 cm³/mol. The number of aryl methyl sites for hydroxylation is 1. The zero-order valence-corrected chi connectivity index (χ0v) is 17.5. The Labute approximate surface area is 166 Å². The highest BCUT2D eigenvalue weighted by Gasteiger charge is 2.22. The molecule has 8 heteroatoms. The van der Waals surface area contributed by atoms with E-state index in [4.69, 9.17) is 9.47 Å². The minimum absolute atomic E-state index is 0.0423. The molecule has 0 heterocycles. The highest BCUT2D eigenvalue weighted by Crippen LogP contribution is 2.29. The number of hydrogen-bond donors (Lipinski definition) is 2.